The monoisotopic (exact) mass is 285 g/mol. The first-order valence-corrected chi connectivity index (χ1v) is 6.69. The Labute approximate surface area is 117 Å². The molecule has 1 aliphatic rings. The molecule has 0 spiro atoms. The molecule has 1 N–H and O–H groups in total. The molecule has 0 unspecified atom stereocenters. The summed E-state index contributed by atoms with van der Waals surface area (Å²) in [5.74, 6) is -1.13. The van der Waals surface area contributed by atoms with Crippen molar-refractivity contribution in [2.75, 3.05) is 13.1 Å². The maximum atomic E-state index is 13.8. The summed E-state index contributed by atoms with van der Waals surface area (Å²) in [4.78, 5) is 13.2. The van der Waals surface area contributed by atoms with Gasteiger partial charge in [0, 0.05) is 12.1 Å². The highest BCUT2D eigenvalue weighted by atomic mass is 35.5. The van der Waals surface area contributed by atoms with Gasteiger partial charge in [-0.2, -0.15) is 0 Å². The molecule has 2 rings (SSSR count). The molecule has 3 nitrogen and oxygen atoms in total. The lowest BCUT2D eigenvalue weighted by molar-refractivity contribution is -0.150. The maximum absolute atomic E-state index is 13.8. The number of aliphatic carboxylic acids is 1. The molecule has 0 bridgehead atoms. The second kappa shape index (κ2) is 5.47. The summed E-state index contributed by atoms with van der Waals surface area (Å²) in [5, 5.41) is 9.29. The first-order chi connectivity index (χ1) is 8.92. The number of benzene rings is 1. The fourth-order valence-corrected chi connectivity index (χ4v) is 2.52. The molecule has 0 aliphatic carbocycles. The van der Waals surface area contributed by atoms with E-state index in [1.54, 1.807) is 19.1 Å². The van der Waals surface area contributed by atoms with Crippen LogP contribution in [0.15, 0.2) is 18.2 Å². The van der Waals surface area contributed by atoms with E-state index < -0.39 is 11.4 Å². The summed E-state index contributed by atoms with van der Waals surface area (Å²) < 4.78 is 13.8. The fourth-order valence-electron chi connectivity index (χ4n) is 2.33. The molecule has 0 atom stereocenters. The van der Waals surface area contributed by atoms with Gasteiger partial charge < -0.3 is 5.11 Å². The molecule has 1 heterocycles. The lowest BCUT2D eigenvalue weighted by atomic mass is 9.80. The van der Waals surface area contributed by atoms with E-state index in [0.29, 0.717) is 38.0 Å². The molecule has 0 aromatic heterocycles. The van der Waals surface area contributed by atoms with E-state index in [-0.39, 0.29) is 10.8 Å². The Morgan fingerprint density at radius 2 is 2.11 bits per heavy atom. The van der Waals surface area contributed by atoms with Crippen molar-refractivity contribution in [1.82, 2.24) is 4.90 Å². The third-order valence-corrected chi connectivity index (χ3v) is 4.19. The van der Waals surface area contributed by atoms with Crippen LogP contribution in [0.25, 0.3) is 0 Å². The largest absolute Gasteiger partial charge is 0.481 e. The smallest absolute Gasteiger partial charge is 0.309 e. The van der Waals surface area contributed by atoms with Gasteiger partial charge in [-0.05, 0) is 38.9 Å². The zero-order valence-corrected chi connectivity index (χ0v) is 11.6. The highest BCUT2D eigenvalue weighted by Crippen LogP contribution is 2.32. The van der Waals surface area contributed by atoms with Gasteiger partial charge in [0.05, 0.1) is 10.4 Å². The minimum atomic E-state index is -0.749. The Bertz CT molecular complexity index is 484. The van der Waals surface area contributed by atoms with Gasteiger partial charge in [0.2, 0.25) is 0 Å². The third kappa shape index (κ3) is 3.07. The number of piperidine rings is 1. The second-order valence-corrected chi connectivity index (χ2v) is 5.76. The number of carbonyl (C=O) groups is 1. The van der Waals surface area contributed by atoms with Crippen molar-refractivity contribution in [2.24, 2.45) is 5.41 Å². The molecular weight excluding hydrogens is 269 g/mol. The number of rotatable bonds is 3. The van der Waals surface area contributed by atoms with Gasteiger partial charge >= 0.3 is 5.97 Å². The lowest BCUT2D eigenvalue weighted by Gasteiger charge is -2.36. The van der Waals surface area contributed by atoms with E-state index in [1.807, 2.05) is 0 Å². The Morgan fingerprint density at radius 3 is 2.68 bits per heavy atom. The molecule has 0 radical (unpaired) electrons. The predicted octanol–water partition coefficient (Wildman–Crippen LogP) is 3.17. The minimum absolute atomic E-state index is 0.130. The standard InChI is InChI=1S/C14H17ClFNO2/c1-14(13(18)19)5-7-17(8-6-14)9-10-3-2-4-11(15)12(10)16/h2-4H,5-9H2,1H3,(H,18,19). The van der Waals surface area contributed by atoms with Gasteiger partial charge in [0.25, 0.3) is 0 Å². The Morgan fingerprint density at radius 1 is 1.47 bits per heavy atom. The van der Waals surface area contributed by atoms with E-state index in [2.05, 4.69) is 4.90 Å². The van der Waals surface area contributed by atoms with Gasteiger partial charge in [-0.1, -0.05) is 23.7 Å². The van der Waals surface area contributed by atoms with Crippen LogP contribution in [-0.4, -0.2) is 29.1 Å². The van der Waals surface area contributed by atoms with Crippen molar-refractivity contribution in [1.29, 1.82) is 0 Å². The molecule has 19 heavy (non-hydrogen) atoms. The highest BCUT2D eigenvalue weighted by molar-refractivity contribution is 6.30. The molecule has 5 heteroatoms. The van der Waals surface area contributed by atoms with Crippen molar-refractivity contribution in [2.45, 2.75) is 26.3 Å². The van der Waals surface area contributed by atoms with E-state index in [1.165, 1.54) is 6.07 Å². The molecule has 1 saturated heterocycles. The molecule has 104 valence electrons. The molecule has 1 aliphatic heterocycles. The summed E-state index contributed by atoms with van der Waals surface area (Å²) in [5.41, 5.74) is -0.0879. The molecular formula is C14H17ClFNO2. The number of hydrogen-bond acceptors (Lipinski definition) is 2. The van der Waals surface area contributed by atoms with Gasteiger partial charge in [-0.3, -0.25) is 9.69 Å². The van der Waals surface area contributed by atoms with Crippen LogP contribution in [0.3, 0.4) is 0 Å². The molecule has 0 saturated carbocycles. The Hall–Kier alpha value is -1.13. The fraction of sp³-hybridized carbons (Fsp3) is 0.500. The van der Waals surface area contributed by atoms with Gasteiger partial charge in [0.1, 0.15) is 5.82 Å². The van der Waals surface area contributed by atoms with E-state index in [4.69, 9.17) is 16.7 Å². The summed E-state index contributed by atoms with van der Waals surface area (Å²) in [7, 11) is 0. The van der Waals surface area contributed by atoms with Crippen LogP contribution >= 0.6 is 11.6 Å². The van der Waals surface area contributed by atoms with Gasteiger partial charge in [-0.25, -0.2) is 4.39 Å². The zero-order chi connectivity index (χ0) is 14.0. The molecule has 1 aromatic rings. The van der Waals surface area contributed by atoms with Gasteiger partial charge in [0.15, 0.2) is 0 Å². The van der Waals surface area contributed by atoms with Crippen LogP contribution in [0, 0.1) is 11.2 Å². The maximum Gasteiger partial charge on any atom is 0.309 e. The Balaban J connectivity index is 2.00. The first-order valence-electron chi connectivity index (χ1n) is 6.31. The number of carboxylic acid groups (broad SMARTS) is 1. The van der Waals surface area contributed by atoms with Crippen LogP contribution in [-0.2, 0) is 11.3 Å². The van der Waals surface area contributed by atoms with E-state index in [0.717, 1.165) is 0 Å². The van der Waals surface area contributed by atoms with Crippen LogP contribution in [0.4, 0.5) is 4.39 Å². The second-order valence-electron chi connectivity index (χ2n) is 5.35. The summed E-state index contributed by atoms with van der Waals surface area (Å²) in [6, 6.07) is 4.97. The summed E-state index contributed by atoms with van der Waals surface area (Å²) >= 11 is 5.75. The van der Waals surface area contributed by atoms with Crippen molar-refractivity contribution < 1.29 is 14.3 Å². The minimum Gasteiger partial charge on any atom is -0.481 e. The lowest BCUT2D eigenvalue weighted by Crippen LogP contribution is -2.42. The topological polar surface area (TPSA) is 40.5 Å². The SMILES string of the molecule is CC1(C(=O)O)CCN(Cc2cccc(Cl)c2F)CC1. The molecule has 1 fully saturated rings. The predicted molar refractivity (Wildman–Crippen MR) is 71.7 cm³/mol. The van der Waals surface area contributed by atoms with E-state index in [9.17, 15) is 9.18 Å². The summed E-state index contributed by atoms with van der Waals surface area (Å²) in [6.07, 6.45) is 1.18. The number of carboxylic acids is 1. The molecule has 0 amide bonds. The third-order valence-electron chi connectivity index (χ3n) is 3.90. The van der Waals surface area contributed by atoms with Crippen molar-refractivity contribution in [3.05, 3.63) is 34.6 Å². The highest BCUT2D eigenvalue weighted by Gasteiger charge is 2.36. The Kier molecular flexibility index (Phi) is 4.11. The average Bonchev–Trinajstić information content (AvgIpc) is 2.37. The van der Waals surface area contributed by atoms with Gasteiger partial charge in [-0.15, -0.1) is 0 Å². The normalized spacial score (nSPS) is 19.3. The number of nitrogens with zero attached hydrogens (tertiary/aromatic N) is 1. The number of likely N-dealkylation sites (tertiary alicyclic amines) is 1. The van der Waals surface area contributed by atoms with E-state index >= 15 is 0 Å². The van der Waals surface area contributed by atoms with Crippen molar-refractivity contribution in [3.63, 3.8) is 0 Å². The first kappa shape index (κ1) is 14.3. The van der Waals surface area contributed by atoms with Crippen LogP contribution in [0.2, 0.25) is 5.02 Å². The zero-order valence-electron chi connectivity index (χ0n) is 10.8. The van der Waals surface area contributed by atoms with Crippen molar-refractivity contribution >= 4 is 17.6 Å². The van der Waals surface area contributed by atoms with Crippen molar-refractivity contribution in [3.8, 4) is 0 Å². The summed E-state index contributed by atoms with van der Waals surface area (Å²) in [6.45, 7) is 3.57. The number of halogens is 2. The quantitative estimate of drug-likeness (QED) is 0.927. The average molecular weight is 286 g/mol. The van der Waals surface area contributed by atoms with Crippen LogP contribution in [0.5, 0.6) is 0 Å². The van der Waals surface area contributed by atoms with Crippen LogP contribution < -0.4 is 0 Å². The number of hydrogen-bond donors (Lipinski definition) is 1. The van der Waals surface area contributed by atoms with Crippen LogP contribution in [0.1, 0.15) is 25.3 Å². The molecule has 1 aromatic carbocycles.